The molecule has 0 aromatic heterocycles. The molecular weight excluding hydrogens is 314 g/mol. The molecule has 1 atom stereocenters. The van der Waals surface area contributed by atoms with Crippen molar-refractivity contribution >= 4 is 11.6 Å². The first-order chi connectivity index (χ1) is 12.1. The van der Waals surface area contributed by atoms with Crippen molar-refractivity contribution < 1.29 is 9.53 Å². The number of amides is 1. The van der Waals surface area contributed by atoms with E-state index in [0.29, 0.717) is 6.54 Å². The third kappa shape index (κ3) is 6.58. The summed E-state index contributed by atoms with van der Waals surface area (Å²) in [6, 6.07) is 8.44. The van der Waals surface area contributed by atoms with E-state index in [4.69, 9.17) is 4.74 Å². The number of methoxy groups -OCH3 is 1. The number of carbonyl (C=O) groups is 1. The summed E-state index contributed by atoms with van der Waals surface area (Å²) in [5.41, 5.74) is 1.19. The first kappa shape index (κ1) is 19.6. The molecule has 1 fully saturated rings. The minimum absolute atomic E-state index is 0.152. The van der Waals surface area contributed by atoms with Crippen LogP contribution in [0.2, 0.25) is 0 Å². The number of nitrogens with one attached hydrogen (secondary N) is 1. The quantitative estimate of drug-likeness (QED) is 0.698. The number of anilines is 1. The molecule has 1 aromatic rings. The standard InChI is InChI=1S/C20H33N3O2/c1-4-5-6-8-17(2)21-20(24)16-22-11-13-23(14-12-22)18-9-7-10-19(15-18)25-3/h7,9-10,15,17H,4-6,8,11-14,16H2,1-3H3,(H,21,24)/t17-/m0/s1. The second-order valence-electron chi connectivity index (χ2n) is 6.93. The van der Waals surface area contributed by atoms with Crippen molar-refractivity contribution in [3.8, 4) is 5.75 Å². The van der Waals surface area contributed by atoms with Gasteiger partial charge in [0.05, 0.1) is 13.7 Å². The molecule has 0 spiro atoms. The van der Waals surface area contributed by atoms with E-state index in [9.17, 15) is 4.79 Å². The fourth-order valence-corrected chi connectivity index (χ4v) is 3.27. The molecule has 140 valence electrons. The van der Waals surface area contributed by atoms with Crippen LogP contribution in [0.5, 0.6) is 5.75 Å². The number of hydrogen-bond donors (Lipinski definition) is 1. The van der Waals surface area contributed by atoms with Crippen LogP contribution in [-0.4, -0.2) is 56.7 Å². The lowest BCUT2D eigenvalue weighted by molar-refractivity contribution is -0.123. The van der Waals surface area contributed by atoms with Crippen LogP contribution < -0.4 is 15.0 Å². The van der Waals surface area contributed by atoms with Crippen LogP contribution in [0.15, 0.2) is 24.3 Å². The normalized spacial score (nSPS) is 16.5. The van der Waals surface area contributed by atoms with Gasteiger partial charge in [-0.05, 0) is 25.5 Å². The Bertz CT molecular complexity index is 527. The van der Waals surface area contributed by atoms with Gasteiger partial charge in [-0.15, -0.1) is 0 Å². The third-order valence-corrected chi connectivity index (χ3v) is 4.81. The predicted molar refractivity (Wildman–Crippen MR) is 103 cm³/mol. The fraction of sp³-hybridized carbons (Fsp3) is 0.650. The predicted octanol–water partition coefficient (Wildman–Crippen LogP) is 2.90. The summed E-state index contributed by atoms with van der Waals surface area (Å²) in [7, 11) is 1.69. The smallest absolute Gasteiger partial charge is 0.234 e. The SMILES string of the molecule is CCCCC[C@H](C)NC(=O)CN1CCN(c2cccc(OC)c2)CC1. The highest BCUT2D eigenvalue weighted by Gasteiger charge is 2.20. The van der Waals surface area contributed by atoms with Crippen LogP contribution in [0.3, 0.4) is 0 Å². The molecule has 0 bridgehead atoms. The molecule has 0 unspecified atom stereocenters. The largest absolute Gasteiger partial charge is 0.497 e. The lowest BCUT2D eigenvalue weighted by Gasteiger charge is -2.36. The second kappa shape index (κ2) is 10.3. The number of ether oxygens (including phenoxy) is 1. The van der Waals surface area contributed by atoms with E-state index in [2.05, 4.69) is 41.1 Å². The molecule has 0 aliphatic carbocycles. The fourth-order valence-electron chi connectivity index (χ4n) is 3.27. The van der Waals surface area contributed by atoms with Gasteiger partial charge in [0, 0.05) is 44.0 Å². The molecule has 1 amide bonds. The zero-order valence-electron chi connectivity index (χ0n) is 16.0. The lowest BCUT2D eigenvalue weighted by atomic mass is 10.1. The first-order valence-electron chi connectivity index (χ1n) is 9.53. The van der Waals surface area contributed by atoms with Crippen molar-refractivity contribution in [3.05, 3.63) is 24.3 Å². The number of unbranched alkanes of at least 4 members (excludes halogenated alkanes) is 2. The van der Waals surface area contributed by atoms with Gasteiger partial charge in [0.25, 0.3) is 0 Å². The van der Waals surface area contributed by atoms with Crippen LogP contribution in [0, 0.1) is 0 Å². The average molecular weight is 348 g/mol. The molecule has 1 aliphatic rings. The topological polar surface area (TPSA) is 44.8 Å². The van der Waals surface area contributed by atoms with E-state index >= 15 is 0 Å². The third-order valence-electron chi connectivity index (χ3n) is 4.81. The van der Waals surface area contributed by atoms with Crippen LogP contribution in [0.4, 0.5) is 5.69 Å². The monoisotopic (exact) mass is 347 g/mol. The zero-order chi connectivity index (χ0) is 18.1. The van der Waals surface area contributed by atoms with Crippen molar-refractivity contribution in [2.45, 2.75) is 45.6 Å². The summed E-state index contributed by atoms with van der Waals surface area (Å²) >= 11 is 0. The Morgan fingerprint density at radius 1 is 1.24 bits per heavy atom. The number of carbonyl (C=O) groups excluding carboxylic acids is 1. The van der Waals surface area contributed by atoms with Gasteiger partial charge >= 0.3 is 0 Å². The molecule has 1 N–H and O–H groups in total. The van der Waals surface area contributed by atoms with Gasteiger partial charge in [-0.25, -0.2) is 0 Å². The molecule has 1 saturated heterocycles. The van der Waals surface area contributed by atoms with E-state index in [0.717, 1.165) is 38.3 Å². The molecule has 1 aromatic carbocycles. The minimum atomic E-state index is 0.152. The molecule has 5 heteroatoms. The number of hydrogen-bond acceptors (Lipinski definition) is 4. The van der Waals surface area contributed by atoms with Gasteiger partial charge in [-0.1, -0.05) is 32.3 Å². The number of piperazine rings is 1. The van der Waals surface area contributed by atoms with Crippen molar-refractivity contribution in [3.63, 3.8) is 0 Å². The first-order valence-corrected chi connectivity index (χ1v) is 9.53. The zero-order valence-corrected chi connectivity index (χ0v) is 16.0. The molecule has 0 saturated carbocycles. The summed E-state index contributed by atoms with van der Waals surface area (Å²) in [5.74, 6) is 1.04. The highest BCUT2D eigenvalue weighted by molar-refractivity contribution is 5.78. The summed E-state index contributed by atoms with van der Waals surface area (Å²) in [4.78, 5) is 16.8. The Balaban J connectivity index is 1.71. The van der Waals surface area contributed by atoms with Gasteiger partial charge in [0.1, 0.15) is 5.75 Å². The van der Waals surface area contributed by atoms with Crippen LogP contribution in [-0.2, 0) is 4.79 Å². The van der Waals surface area contributed by atoms with Crippen LogP contribution in [0.25, 0.3) is 0 Å². The van der Waals surface area contributed by atoms with E-state index in [-0.39, 0.29) is 11.9 Å². The summed E-state index contributed by atoms with van der Waals surface area (Å²) in [6.07, 6.45) is 4.73. The Kier molecular flexibility index (Phi) is 8.06. The van der Waals surface area contributed by atoms with E-state index in [1.807, 2.05) is 12.1 Å². The Morgan fingerprint density at radius 3 is 2.68 bits per heavy atom. The van der Waals surface area contributed by atoms with E-state index < -0.39 is 0 Å². The molecule has 1 aliphatic heterocycles. The molecule has 5 nitrogen and oxygen atoms in total. The average Bonchev–Trinajstić information content (AvgIpc) is 2.62. The molecular formula is C20H33N3O2. The Labute approximate surface area is 152 Å². The highest BCUT2D eigenvalue weighted by Crippen LogP contribution is 2.22. The van der Waals surface area contributed by atoms with Crippen molar-refractivity contribution in [1.29, 1.82) is 0 Å². The summed E-state index contributed by atoms with van der Waals surface area (Å²) in [5, 5.41) is 3.13. The van der Waals surface area contributed by atoms with Crippen LogP contribution >= 0.6 is 0 Å². The van der Waals surface area contributed by atoms with E-state index in [1.54, 1.807) is 7.11 Å². The summed E-state index contributed by atoms with van der Waals surface area (Å²) < 4.78 is 5.30. The van der Waals surface area contributed by atoms with Crippen molar-refractivity contribution in [1.82, 2.24) is 10.2 Å². The minimum Gasteiger partial charge on any atom is -0.497 e. The Hall–Kier alpha value is -1.75. The maximum Gasteiger partial charge on any atom is 0.234 e. The van der Waals surface area contributed by atoms with Gasteiger partial charge in [0.2, 0.25) is 5.91 Å². The molecule has 2 rings (SSSR count). The van der Waals surface area contributed by atoms with Crippen molar-refractivity contribution in [2.75, 3.05) is 44.7 Å². The van der Waals surface area contributed by atoms with Gasteiger partial charge < -0.3 is 15.0 Å². The maximum absolute atomic E-state index is 12.2. The summed E-state index contributed by atoms with van der Waals surface area (Å²) in [6.45, 7) is 8.51. The second-order valence-corrected chi connectivity index (χ2v) is 6.93. The number of nitrogens with zero attached hydrogens (tertiary/aromatic N) is 2. The highest BCUT2D eigenvalue weighted by atomic mass is 16.5. The Morgan fingerprint density at radius 2 is 2.00 bits per heavy atom. The van der Waals surface area contributed by atoms with Gasteiger partial charge in [-0.3, -0.25) is 9.69 Å². The maximum atomic E-state index is 12.2. The molecule has 0 radical (unpaired) electrons. The molecule has 25 heavy (non-hydrogen) atoms. The van der Waals surface area contributed by atoms with E-state index in [1.165, 1.54) is 24.9 Å². The number of rotatable bonds is 9. The van der Waals surface area contributed by atoms with Gasteiger partial charge in [0.15, 0.2) is 0 Å². The van der Waals surface area contributed by atoms with Crippen molar-refractivity contribution in [2.24, 2.45) is 0 Å². The van der Waals surface area contributed by atoms with Crippen LogP contribution in [0.1, 0.15) is 39.5 Å². The number of benzene rings is 1. The van der Waals surface area contributed by atoms with Gasteiger partial charge in [-0.2, -0.15) is 0 Å². The lowest BCUT2D eigenvalue weighted by Crippen LogP contribution is -2.50. The molecule has 1 heterocycles.